The predicted molar refractivity (Wildman–Crippen MR) is 114 cm³/mol. The summed E-state index contributed by atoms with van der Waals surface area (Å²) in [5.41, 5.74) is 8.80. The molecule has 0 radical (unpaired) electrons. The Hall–Kier alpha value is -2.19. The molecule has 5 unspecified atom stereocenters. The molecule has 5 atom stereocenters. The summed E-state index contributed by atoms with van der Waals surface area (Å²) in [5.74, 6) is -0.912. The van der Waals surface area contributed by atoms with Crippen molar-refractivity contribution in [1.82, 2.24) is 10.3 Å². The molecule has 0 aromatic carbocycles. The third-order valence-electron chi connectivity index (χ3n) is 6.48. The van der Waals surface area contributed by atoms with E-state index in [0.29, 0.717) is 12.8 Å². The van der Waals surface area contributed by atoms with Gasteiger partial charge >= 0.3 is 5.97 Å². The molecule has 1 aromatic rings. The van der Waals surface area contributed by atoms with E-state index < -0.39 is 29.9 Å². The Morgan fingerprint density at radius 3 is 2.90 bits per heavy atom. The molecular formula is C22H34N4O4. The number of pyridine rings is 1. The van der Waals surface area contributed by atoms with E-state index in [4.69, 9.17) is 10.7 Å². The number of nitrogens with one attached hydrogen (secondary N) is 2. The third kappa shape index (κ3) is 5.70. The molecule has 0 bridgehead atoms. The second-order valence-corrected chi connectivity index (χ2v) is 8.72. The van der Waals surface area contributed by atoms with Crippen molar-refractivity contribution in [2.75, 3.05) is 11.9 Å². The molecule has 1 amide bonds. The first-order valence-electron chi connectivity index (χ1n) is 11.0. The van der Waals surface area contributed by atoms with Gasteiger partial charge in [0, 0.05) is 31.1 Å². The molecule has 8 nitrogen and oxygen atoms in total. The highest BCUT2D eigenvalue weighted by molar-refractivity contribution is 5.82. The van der Waals surface area contributed by atoms with Gasteiger partial charge in [-0.2, -0.15) is 0 Å². The van der Waals surface area contributed by atoms with E-state index >= 15 is 0 Å². The number of amides is 1. The molecule has 6 N–H and O–H groups in total. The molecule has 0 spiro atoms. The number of fused-ring (bicyclic) bond motifs is 1. The number of carboxylic acid groups (broad SMARTS) is 1. The zero-order valence-electron chi connectivity index (χ0n) is 17.6. The van der Waals surface area contributed by atoms with Crippen molar-refractivity contribution in [2.24, 2.45) is 17.6 Å². The highest BCUT2D eigenvalue weighted by Gasteiger charge is 2.40. The monoisotopic (exact) mass is 418 g/mol. The van der Waals surface area contributed by atoms with Crippen LogP contribution in [0.3, 0.4) is 0 Å². The zero-order valence-corrected chi connectivity index (χ0v) is 17.6. The molecule has 2 heterocycles. The van der Waals surface area contributed by atoms with E-state index in [0.717, 1.165) is 56.6 Å². The molecule has 1 aliphatic carbocycles. The summed E-state index contributed by atoms with van der Waals surface area (Å²) in [6, 6.07) is 3.10. The Balaban J connectivity index is 1.52. The van der Waals surface area contributed by atoms with E-state index in [2.05, 4.69) is 22.8 Å². The van der Waals surface area contributed by atoms with Gasteiger partial charge < -0.3 is 26.6 Å². The Bertz CT molecular complexity index is 757. The van der Waals surface area contributed by atoms with Crippen LogP contribution in [0.4, 0.5) is 5.82 Å². The summed E-state index contributed by atoms with van der Waals surface area (Å²) in [6.07, 6.45) is 5.83. The Labute approximate surface area is 177 Å². The summed E-state index contributed by atoms with van der Waals surface area (Å²) in [5, 5.41) is 25.7. The summed E-state index contributed by atoms with van der Waals surface area (Å²) in [7, 11) is 0. The van der Waals surface area contributed by atoms with Crippen LogP contribution in [0.25, 0.3) is 0 Å². The van der Waals surface area contributed by atoms with Crippen molar-refractivity contribution in [2.45, 2.75) is 76.5 Å². The molecule has 1 aliphatic heterocycles. The molecule has 3 rings (SSSR count). The van der Waals surface area contributed by atoms with Crippen LogP contribution in [0.15, 0.2) is 12.1 Å². The van der Waals surface area contributed by atoms with Crippen LogP contribution >= 0.6 is 0 Å². The number of hydrogen-bond acceptors (Lipinski definition) is 6. The first-order valence-corrected chi connectivity index (χ1v) is 11.0. The number of anilines is 1. The van der Waals surface area contributed by atoms with Crippen LogP contribution in [0.1, 0.15) is 56.7 Å². The van der Waals surface area contributed by atoms with E-state index in [9.17, 15) is 19.8 Å². The lowest BCUT2D eigenvalue weighted by Gasteiger charge is -2.38. The van der Waals surface area contributed by atoms with E-state index in [1.165, 1.54) is 12.5 Å². The largest absolute Gasteiger partial charge is 0.480 e. The molecule has 30 heavy (non-hydrogen) atoms. The molecule has 1 fully saturated rings. The normalized spacial score (nSPS) is 25.5. The molecule has 2 aliphatic rings. The van der Waals surface area contributed by atoms with Gasteiger partial charge in [-0.3, -0.25) is 4.79 Å². The number of aliphatic carboxylic acids is 1. The number of aliphatic hydroxyl groups is 1. The third-order valence-corrected chi connectivity index (χ3v) is 6.48. The minimum absolute atomic E-state index is 0.0671. The molecular weight excluding hydrogens is 384 g/mol. The van der Waals surface area contributed by atoms with E-state index in [-0.39, 0.29) is 12.0 Å². The van der Waals surface area contributed by atoms with Gasteiger partial charge in [0.1, 0.15) is 11.9 Å². The minimum atomic E-state index is -1.12. The van der Waals surface area contributed by atoms with Crippen molar-refractivity contribution in [1.29, 1.82) is 0 Å². The minimum Gasteiger partial charge on any atom is -0.480 e. The highest BCUT2D eigenvalue weighted by Crippen LogP contribution is 2.34. The number of nitrogens with two attached hydrogens (primary N) is 1. The van der Waals surface area contributed by atoms with Crippen LogP contribution in [0, 0.1) is 11.8 Å². The summed E-state index contributed by atoms with van der Waals surface area (Å²) < 4.78 is 0. The Kier molecular flexibility index (Phi) is 7.66. The molecule has 1 saturated carbocycles. The summed E-state index contributed by atoms with van der Waals surface area (Å²) >= 11 is 0. The number of aromatic nitrogens is 1. The lowest BCUT2D eigenvalue weighted by atomic mass is 9.72. The van der Waals surface area contributed by atoms with Gasteiger partial charge in [-0.05, 0) is 68.9 Å². The Morgan fingerprint density at radius 1 is 1.37 bits per heavy atom. The van der Waals surface area contributed by atoms with Gasteiger partial charge in [-0.15, -0.1) is 0 Å². The lowest BCUT2D eigenvalue weighted by Crippen LogP contribution is -2.52. The summed E-state index contributed by atoms with van der Waals surface area (Å²) in [4.78, 5) is 27.7. The molecule has 0 saturated heterocycles. The van der Waals surface area contributed by atoms with Crippen LogP contribution in [0.5, 0.6) is 0 Å². The first-order chi connectivity index (χ1) is 14.3. The highest BCUT2D eigenvalue weighted by atomic mass is 16.4. The standard InChI is InChI=1S/C22H34N4O4/c1-13(27)25-20(22(29)30)17-12-15(8-10-19(17)28)18(23)6-2-5-16-9-7-14-4-3-11-24-21(14)26-16/h7,9,15,17-20,28H,2-6,8,10-12,23H2,1H3,(H,24,26)(H,25,27)(H,29,30). The fourth-order valence-electron chi connectivity index (χ4n) is 4.80. The van der Waals surface area contributed by atoms with Crippen molar-refractivity contribution in [3.63, 3.8) is 0 Å². The van der Waals surface area contributed by atoms with Crippen molar-refractivity contribution >= 4 is 17.7 Å². The van der Waals surface area contributed by atoms with Crippen LogP contribution in [-0.4, -0.2) is 51.8 Å². The zero-order chi connectivity index (χ0) is 21.7. The number of carbonyl (C=O) groups is 2. The van der Waals surface area contributed by atoms with Crippen LogP contribution in [0.2, 0.25) is 0 Å². The second-order valence-electron chi connectivity index (χ2n) is 8.72. The van der Waals surface area contributed by atoms with Crippen molar-refractivity contribution in [3.05, 3.63) is 23.4 Å². The predicted octanol–water partition coefficient (Wildman–Crippen LogP) is 1.46. The van der Waals surface area contributed by atoms with Gasteiger partial charge in [-0.1, -0.05) is 6.07 Å². The molecule has 1 aromatic heterocycles. The smallest absolute Gasteiger partial charge is 0.326 e. The molecule has 8 heteroatoms. The molecule has 166 valence electrons. The Morgan fingerprint density at radius 2 is 2.17 bits per heavy atom. The number of aryl methyl sites for hydroxylation is 2. The average Bonchev–Trinajstić information content (AvgIpc) is 2.72. The van der Waals surface area contributed by atoms with Crippen molar-refractivity contribution in [3.8, 4) is 0 Å². The maximum Gasteiger partial charge on any atom is 0.326 e. The number of hydrogen-bond donors (Lipinski definition) is 5. The summed E-state index contributed by atoms with van der Waals surface area (Å²) in [6.45, 7) is 2.26. The number of nitrogens with zero attached hydrogens (tertiary/aromatic N) is 1. The fraction of sp³-hybridized carbons (Fsp3) is 0.682. The number of rotatable bonds is 8. The second kappa shape index (κ2) is 10.2. The van der Waals surface area contributed by atoms with Gasteiger partial charge in [0.15, 0.2) is 0 Å². The number of carboxylic acids is 1. The van der Waals surface area contributed by atoms with Crippen LogP contribution < -0.4 is 16.4 Å². The van der Waals surface area contributed by atoms with Gasteiger partial charge in [0.05, 0.1) is 6.10 Å². The van der Waals surface area contributed by atoms with E-state index in [1.54, 1.807) is 0 Å². The maximum atomic E-state index is 11.6. The van der Waals surface area contributed by atoms with Gasteiger partial charge in [0.2, 0.25) is 5.91 Å². The fourth-order valence-corrected chi connectivity index (χ4v) is 4.80. The lowest BCUT2D eigenvalue weighted by molar-refractivity contribution is -0.146. The van der Waals surface area contributed by atoms with Gasteiger partial charge in [0.25, 0.3) is 0 Å². The number of aliphatic hydroxyl groups excluding tert-OH is 1. The van der Waals surface area contributed by atoms with Crippen LogP contribution in [-0.2, 0) is 22.4 Å². The first kappa shape index (κ1) is 22.5. The maximum absolute atomic E-state index is 11.6. The quantitative estimate of drug-likeness (QED) is 0.431. The number of carbonyl (C=O) groups excluding carboxylic acids is 1. The van der Waals surface area contributed by atoms with Crippen molar-refractivity contribution < 1.29 is 19.8 Å². The average molecular weight is 419 g/mol. The van der Waals surface area contributed by atoms with Gasteiger partial charge in [-0.25, -0.2) is 9.78 Å². The topological polar surface area (TPSA) is 138 Å². The van der Waals surface area contributed by atoms with E-state index in [1.807, 2.05) is 0 Å². The SMILES string of the molecule is CC(=O)NC(C(=O)O)C1CC(C(N)CCCc2ccc3c(n2)NCCC3)CCC1O.